The molecule has 0 saturated heterocycles. The summed E-state index contributed by atoms with van der Waals surface area (Å²) in [6.07, 6.45) is -0.576. The molecule has 6 heteroatoms. The van der Waals surface area contributed by atoms with Crippen LogP contribution in [0.15, 0.2) is 18.2 Å². The monoisotopic (exact) mass is 263 g/mol. The number of pyridine rings is 1. The van der Waals surface area contributed by atoms with Crippen LogP contribution in [-0.2, 0) is 5.92 Å². The number of aromatic nitrogens is 1. The molecule has 0 radical (unpaired) electrons. The third kappa shape index (κ3) is 2.16. The summed E-state index contributed by atoms with van der Waals surface area (Å²) in [6.45, 7) is -0.546. The van der Waals surface area contributed by atoms with E-state index in [2.05, 4.69) is 4.98 Å². The van der Waals surface area contributed by atoms with Crippen LogP contribution >= 0.6 is 22.9 Å². The Balaban J connectivity index is 2.46. The Morgan fingerprint density at radius 3 is 2.88 bits per heavy atom. The average Bonchev–Trinajstić information content (AvgIpc) is 2.61. The van der Waals surface area contributed by atoms with Crippen LogP contribution in [0.5, 0.6) is 0 Å². The molecular formula is C10H8ClF2NOS. The van der Waals surface area contributed by atoms with E-state index in [9.17, 15) is 8.78 Å². The van der Waals surface area contributed by atoms with Gasteiger partial charge in [0.25, 0.3) is 5.92 Å². The number of fused-ring (bicyclic) bond motifs is 1. The Morgan fingerprint density at radius 2 is 2.19 bits per heavy atom. The van der Waals surface area contributed by atoms with Crippen molar-refractivity contribution in [1.82, 2.24) is 4.98 Å². The molecule has 2 aromatic rings. The van der Waals surface area contributed by atoms with Crippen molar-refractivity contribution in [2.24, 2.45) is 0 Å². The smallest absolute Gasteiger partial charge is 0.284 e. The molecule has 0 aliphatic rings. The Morgan fingerprint density at radius 1 is 1.44 bits per heavy atom. The highest BCUT2D eigenvalue weighted by Gasteiger charge is 2.33. The number of halogens is 3. The number of hydrogen-bond donors (Lipinski definition) is 1. The van der Waals surface area contributed by atoms with Gasteiger partial charge in [-0.1, -0.05) is 11.6 Å². The number of thiophene rings is 1. The predicted molar refractivity (Wildman–Crippen MR) is 60.2 cm³/mol. The Labute approximate surface area is 99.5 Å². The van der Waals surface area contributed by atoms with E-state index in [1.54, 1.807) is 12.1 Å². The Bertz CT molecular complexity index is 514. The summed E-state index contributed by atoms with van der Waals surface area (Å²) in [5.74, 6) is -3.01. The summed E-state index contributed by atoms with van der Waals surface area (Å²) >= 11 is 6.64. The van der Waals surface area contributed by atoms with Crippen LogP contribution in [0.1, 0.15) is 11.3 Å². The zero-order valence-corrected chi connectivity index (χ0v) is 9.66. The lowest BCUT2D eigenvalue weighted by molar-refractivity contribution is -0.0233. The zero-order valence-electron chi connectivity index (χ0n) is 8.08. The number of aliphatic hydroxyl groups is 1. The fourth-order valence-electron chi connectivity index (χ4n) is 1.34. The first-order valence-corrected chi connectivity index (χ1v) is 5.77. The predicted octanol–water partition coefficient (Wildman–Crippen LogP) is 3.42. The molecule has 2 aromatic heterocycles. The van der Waals surface area contributed by atoms with E-state index >= 15 is 0 Å². The summed E-state index contributed by atoms with van der Waals surface area (Å²) in [6, 6.07) is 4.55. The van der Waals surface area contributed by atoms with E-state index in [0.717, 1.165) is 11.3 Å². The molecule has 2 nitrogen and oxygen atoms in total. The van der Waals surface area contributed by atoms with Gasteiger partial charge in [-0.2, -0.15) is 0 Å². The molecule has 2 rings (SSSR count). The van der Waals surface area contributed by atoms with E-state index in [4.69, 9.17) is 16.7 Å². The van der Waals surface area contributed by atoms with Crippen LogP contribution in [0, 0.1) is 0 Å². The van der Waals surface area contributed by atoms with Gasteiger partial charge in [-0.25, -0.2) is 13.8 Å². The molecule has 0 aliphatic heterocycles. The molecule has 0 unspecified atom stereocenters. The highest BCUT2D eigenvalue weighted by molar-refractivity contribution is 7.19. The van der Waals surface area contributed by atoms with Gasteiger partial charge in [0.1, 0.15) is 5.15 Å². The number of nitrogens with zero attached hydrogens (tertiary/aromatic N) is 1. The van der Waals surface area contributed by atoms with E-state index in [0.29, 0.717) is 10.2 Å². The normalized spacial score (nSPS) is 12.2. The highest BCUT2D eigenvalue weighted by atomic mass is 35.5. The molecule has 0 amide bonds. The molecule has 0 aliphatic carbocycles. The minimum atomic E-state index is -3.01. The molecule has 0 atom stereocenters. The van der Waals surface area contributed by atoms with Crippen molar-refractivity contribution in [3.63, 3.8) is 0 Å². The van der Waals surface area contributed by atoms with E-state index in [1.807, 2.05) is 0 Å². The molecule has 1 N–H and O–H groups in total. The zero-order chi connectivity index (χ0) is 11.8. The number of rotatable bonds is 3. The SMILES string of the molecule is OCCC(F)(F)c1cc2nc(Cl)ccc2s1. The van der Waals surface area contributed by atoms with E-state index in [-0.39, 0.29) is 10.0 Å². The quantitative estimate of drug-likeness (QED) is 0.861. The summed E-state index contributed by atoms with van der Waals surface area (Å²) in [4.78, 5) is 3.86. The third-order valence-corrected chi connectivity index (χ3v) is 3.54. The maximum atomic E-state index is 13.5. The molecule has 0 aromatic carbocycles. The molecule has 16 heavy (non-hydrogen) atoms. The fourth-order valence-corrected chi connectivity index (χ4v) is 2.50. The van der Waals surface area contributed by atoms with Crippen LogP contribution in [0.4, 0.5) is 8.78 Å². The average molecular weight is 264 g/mol. The van der Waals surface area contributed by atoms with E-state index < -0.39 is 19.0 Å². The topological polar surface area (TPSA) is 33.1 Å². The summed E-state index contributed by atoms with van der Waals surface area (Å²) in [5.41, 5.74) is 0.463. The second-order valence-corrected chi connectivity index (χ2v) is 4.78. The van der Waals surface area contributed by atoms with Crippen LogP contribution in [0.25, 0.3) is 10.2 Å². The number of alkyl halides is 2. The highest BCUT2D eigenvalue weighted by Crippen LogP contribution is 2.38. The lowest BCUT2D eigenvalue weighted by Crippen LogP contribution is -2.13. The standard InChI is InChI=1S/C10H8ClF2NOS/c11-9-2-1-7-6(14-9)5-8(16-7)10(12,13)3-4-15/h1-2,5,15H,3-4H2. The molecule has 0 spiro atoms. The lowest BCUT2D eigenvalue weighted by atomic mass is 10.2. The van der Waals surface area contributed by atoms with Crippen molar-refractivity contribution in [2.75, 3.05) is 6.61 Å². The van der Waals surface area contributed by atoms with Crippen LogP contribution in [-0.4, -0.2) is 16.7 Å². The van der Waals surface area contributed by atoms with Gasteiger partial charge in [0.2, 0.25) is 0 Å². The van der Waals surface area contributed by atoms with E-state index in [1.165, 1.54) is 6.07 Å². The lowest BCUT2D eigenvalue weighted by Gasteiger charge is -2.11. The van der Waals surface area contributed by atoms with Gasteiger partial charge in [0.05, 0.1) is 15.1 Å². The largest absolute Gasteiger partial charge is 0.396 e. The maximum Gasteiger partial charge on any atom is 0.284 e. The Hall–Kier alpha value is -0.780. The third-order valence-electron chi connectivity index (χ3n) is 2.13. The summed E-state index contributed by atoms with van der Waals surface area (Å²) in [5, 5.41) is 8.85. The molecule has 0 saturated carbocycles. The summed E-state index contributed by atoms with van der Waals surface area (Å²) < 4.78 is 27.6. The first-order chi connectivity index (χ1) is 7.53. The minimum Gasteiger partial charge on any atom is -0.396 e. The van der Waals surface area contributed by atoms with Gasteiger partial charge < -0.3 is 5.11 Å². The first-order valence-electron chi connectivity index (χ1n) is 4.58. The molecule has 0 fully saturated rings. The summed E-state index contributed by atoms with van der Waals surface area (Å²) in [7, 11) is 0. The minimum absolute atomic E-state index is 0.0914. The molecule has 0 bridgehead atoms. The molecule has 2 heterocycles. The second kappa shape index (κ2) is 4.24. The maximum absolute atomic E-state index is 13.5. The Kier molecular flexibility index (Phi) is 3.10. The van der Waals surface area contributed by atoms with Crippen molar-refractivity contribution < 1.29 is 13.9 Å². The van der Waals surface area contributed by atoms with Crippen molar-refractivity contribution in [3.05, 3.63) is 28.2 Å². The number of aliphatic hydroxyl groups excluding tert-OH is 1. The molecule has 86 valence electrons. The van der Waals surface area contributed by atoms with Crippen LogP contribution in [0.2, 0.25) is 5.15 Å². The van der Waals surface area contributed by atoms with Gasteiger partial charge in [0.15, 0.2) is 0 Å². The van der Waals surface area contributed by atoms with Gasteiger partial charge >= 0.3 is 0 Å². The van der Waals surface area contributed by atoms with Crippen molar-refractivity contribution in [3.8, 4) is 0 Å². The first kappa shape index (κ1) is 11.7. The fraction of sp³-hybridized carbons (Fsp3) is 0.300. The van der Waals surface area contributed by atoms with Crippen molar-refractivity contribution in [1.29, 1.82) is 0 Å². The van der Waals surface area contributed by atoms with Gasteiger partial charge in [-0.3, -0.25) is 0 Å². The van der Waals surface area contributed by atoms with Gasteiger partial charge in [-0.15, -0.1) is 11.3 Å². The second-order valence-electron chi connectivity index (χ2n) is 3.31. The number of hydrogen-bond acceptors (Lipinski definition) is 3. The van der Waals surface area contributed by atoms with Crippen molar-refractivity contribution >= 4 is 33.2 Å². The van der Waals surface area contributed by atoms with Gasteiger partial charge in [0, 0.05) is 13.0 Å². The van der Waals surface area contributed by atoms with Gasteiger partial charge in [-0.05, 0) is 18.2 Å². The molecular weight excluding hydrogens is 256 g/mol. The van der Waals surface area contributed by atoms with Crippen LogP contribution < -0.4 is 0 Å². The van der Waals surface area contributed by atoms with Crippen molar-refractivity contribution in [2.45, 2.75) is 12.3 Å². The van der Waals surface area contributed by atoms with Crippen LogP contribution in [0.3, 0.4) is 0 Å².